The monoisotopic (exact) mass is 260 g/mol. The Morgan fingerprint density at radius 2 is 1.87 bits per heavy atom. The molecule has 1 aromatic rings. The van der Waals surface area contributed by atoms with Crippen molar-refractivity contribution in [3.63, 3.8) is 0 Å². The van der Waals surface area contributed by atoms with E-state index in [0.717, 1.165) is 18.7 Å². The Morgan fingerprint density at radius 1 is 1.20 bits per heavy atom. The van der Waals surface area contributed by atoms with Gasteiger partial charge in [-0.2, -0.15) is 0 Å². The molecule has 0 amide bonds. The zero-order valence-corrected chi connectivity index (χ0v) is 10.2. The van der Waals surface area contributed by atoms with E-state index in [-0.39, 0.29) is 0 Å². The van der Waals surface area contributed by atoms with Crippen molar-refractivity contribution < 1.29 is 0 Å². The molecule has 1 aromatic carbocycles. The summed E-state index contributed by atoms with van der Waals surface area (Å²) in [6.45, 7) is 1.63. The highest BCUT2D eigenvalue weighted by Crippen LogP contribution is 2.27. The number of thiocarbonyl (C=S) groups is 1. The van der Waals surface area contributed by atoms with E-state index in [0.29, 0.717) is 21.1 Å². The first-order chi connectivity index (χ1) is 7.16. The first-order valence-electron chi connectivity index (χ1n) is 4.63. The van der Waals surface area contributed by atoms with Gasteiger partial charge in [0.25, 0.3) is 0 Å². The summed E-state index contributed by atoms with van der Waals surface area (Å²) in [5.74, 6) is 0.335. The largest absolute Gasteiger partial charge is 0.362 e. The van der Waals surface area contributed by atoms with Crippen LogP contribution in [0.1, 0.15) is 11.5 Å². The lowest BCUT2D eigenvalue weighted by molar-refractivity contribution is 0.591. The Morgan fingerprint density at radius 3 is 2.47 bits per heavy atom. The fourth-order valence-electron chi connectivity index (χ4n) is 1.62. The normalized spacial score (nSPS) is 17.1. The number of hydrogen-bond donors (Lipinski definition) is 2. The summed E-state index contributed by atoms with van der Waals surface area (Å²) < 4.78 is 0. The molecule has 0 aromatic heterocycles. The van der Waals surface area contributed by atoms with Crippen LogP contribution in [0.15, 0.2) is 18.2 Å². The third kappa shape index (κ3) is 2.54. The predicted molar refractivity (Wildman–Crippen MR) is 67.8 cm³/mol. The van der Waals surface area contributed by atoms with E-state index in [1.54, 1.807) is 6.07 Å². The maximum atomic E-state index is 6.13. The van der Waals surface area contributed by atoms with Crippen LogP contribution >= 0.6 is 35.4 Å². The lowest BCUT2D eigenvalue weighted by Crippen LogP contribution is -2.46. The Kier molecular flexibility index (Phi) is 3.34. The van der Waals surface area contributed by atoms with Crippen molar-refractivity contribution >= 4 is 40.5 Å². The molecule has 0 spiro atoms. The number of benzene rings is 1. The molecule has 1 aliphatic rings. The second-order valence-corrected chi connectivity index (χ2v) is 4.71. The Balaban J connectivity index is 2.19. The summed E-state index contributed by atoms with van der Waals surface area (Å²) >= 11 is 17.0. The van der Waals surface area contributed by atoms with E-state index < -0.39 is 0 Å². The number of hydrogen-bond acceptors (Lipinski definition) is 1. The van der Waals surface area contributed by atoms with Crippen LogP contribution in [0.2, 0.25) is 10.0 Å². The molecule has 2 N–H and O–H groups in total. The molecule has 0 atom stereocenters. The summed E-state index contributed by atoms with van der Waals surface area (Å²) in [5.41, 5.74) is 1.10. The quantitative estimate of drug-likeness (QED) is 0.760. The molecular formula is C10H10Cl2N2S. The smallest absolute Gasteiger partial charge is 0.166 e. The first kappa shape index (κ1) is 11.0. The molecule has 1 fully saturated rings. The van der Waals surface area contributed by atoms with Crippen LogP contribution in [0.3, 0.4) is 0 Å². The standard InChI is InChI=1S/C10H10Cl2N2S/c11-7-1-2-8(9(12)3-7)6-4-13-10(15)14-5-6/h1-3,6H,4-5H2,(H2,13,14,15). The van der Waals surface area contributed by atoms with E-state index in [2.05, 4.69) is 10.6 Å². The minimum Gasteiger partial charge on any atom is -0.362 e. The lowest BCUT2D eigenvalue weighted by atomic mass is 9.98. The van der Waals surface area contributed by atoms with E-state index >= 15 is 0 Å². The van der Waals surface area contributed by atoms with Crippen LogP contribution in [0, 0.1) is 0 Å². The van der Waals surface area contributed by atoms with E-state index in [1.807, 2.05) is 12.1 Å². The van der Waals surface area contributed by atoms with Crippen LogP contribution in [-0.4, -0.2) is 18.2 Å². The lowest BCUT2D eigenvalue weighted by Gasteiger charge is -2.26. The maximum absolute atomic E-state index is 6.13. The van der Waals surface area contributed by atoms with Crippen LogP contribution < -0.4 is 10.6 Å². The summed E-state index contributed by atoms with van der Waals surface area (Å²) in [6.07, 6.45) is 0. The van der Waals surface area contributed by atoms with E-state index in [4.69, 9.17) is 35.4 Å². The third-order valence-corrected chi connectivity index (χ3v) is 3.27. The highest BCUT2D eigenvalue weighted by molar-refractivity contribution is 7.80. The highest BCUT2D eigenvalue weighted by Gasteiger charge is 2.19. The van der Waals surface area contributed by atoms with Crippen molar-refractivity contribution in [2.75, 3.05) is 13.1 Å². The summed E-state index contributed by atoms with van der Waals surface area (Å²) in [6, 6.07) is 5.59. The van der Waals surface area contributed by atoms with Gasteiger partial charge in [0.15, 0.2) is 5.11 Å². The minimum absolute atomic E-state index is 0.335. The molecular weight excluding hydrogens is 251 g/mol. The van der Waals surface area contributed by atoms with Crippen molar-refractivity contribution in [2.45, 2.75) is 5.92 Å². The van der Waals surface area contributed by atoms with Crippen molar-refractivity contribution in [3.05, 3.63) is 33.8 Å². The average Bonchev–Trinajstić information content (AvgIpc) is 2.20. The van der Waals surface area contributed by atoms with Gasteiger partial charge in [0.2, 0.25) is 0 Å². The number of halogens is 2. The van der Waals surface area contributed by atoms with Gasteiger partial charge in [-0.25, -0.2) is 0 Å². The Bertz CT molecular complexity index is 385. The zero-order chi connectivity index (χ0) is 10.8. The van der Waals surface area contributed by atoms with Gasteiger partial charge in [0.1, 0.15) is 0 Å². The van der Waals surface area contributed by atoms with Crippen molar-refractivity contribution in [1.82, 2.24) is 10.6 Å². The minimum atomic E-state index is 0.335. The molecule has 5 heteroatoms. The van der Waals surface area contributed by atoms with Crippen LogP contribution in [0.4, 0.5) is 0 Å². The second-order valence-electron chi connectivity index (χ2n) is 3.45. The van der Waals surface area contributed by atoms with Gasteiger partial charge in [-0.1, -0.05) is 29.3 Å². The van der Waals surface area contributed by atoms with Gasteiger partial charge < -0.3 is 10.6 Å². The summed E-state index contributed by atoms with van der Waals surface area (Å²) in [7, 11) is 0. The van der Waals surface area contributed by atoms with Crippen molar-refractivity contribution in [1.29, 1.82) is 0 Å². The van der Waals surface area contributed by atoms with E-state index in [1.165, 1.54) is 0 Å². The Hall–Kier alpha value is -0.510. The van der Waals surface area contributed by atoms with Gasteiger partial charge in [-0.15, -0.1) is 0 Å². The van der Waals surface area contributed by atoms with Crippen LogP contribution in [-0.2, 0) is 0 Å². The zero-order valence-electron chi connectivity index (χ0n) is 7.89. The molecule has 0 radical (unpaired) electrons. The van der Waals surface area contributed by atoms with Crippen molar-refractivity contribution in [2.24, 2.45) is 0 Å². The predicted octanol–water partition coefficient (Wildman–Crippen LogP) is 2.55. The Labute approximate surface area is 104 Å². The molecule has 1 aliphatic heterocycles. The molecule has 15 heavy (non-hydrogen) atoms. The fraction of sp³-hybridized carbons (Fsp3) is 0.300. The van der Waals surface area contributed by atoms with Gasteiger partial charge in [0.05, 0.1) is 0 Å². The molecule has 0 bridgehead atoms. The molecule has 0 unspecified atom stereocenters. The van der Waals surface area contributed by atoms with Gasteiger partial charge in [-0.05, 0) is 29.9 Å². The second kappa shape index (κ2) is 4.56. The SMILES string of the molecule is S=C1NCC(c2ccc(Cl)cc2Cl)CN1. The van der Waals surface area contributed by atoms with Gasteiger partial charge in [-0.3, -0.25) is 0 Å². The molecule has 80 valence electrons. The molecule has 0 saturated carbocycles. The van der Waals surface area contributed by atoms with E-state index in [9.17, 15) is 0 Å². The number of rotatable bonds is 1. The molecule has 2 rings (SSSR count). The maximum Gasteiger partial charge on any atom is 0.166 e. The molecule has 2 nitrogen and oxygen atoms in total. The fourth-order valence-corrected chi connectivity index (χ4v) is 2.35. The number of nitrogens with one attached hydrogen (secondary N) is 2. The molecule has 1 heterocycles. The molecule has 0 aliphatic carbocycles. The van der Waals surface area contributed by atoms with Gasteiger partial charge in [0, 0.05) is 29.1 Å². The van der Waals surface area contributed by atoms with Crippen molar-refractivity contribution in [3.8, 4) is 0 Å². The molecule has 1 saturated heterocycles. The topological polar surface area (TPSA) is 24.1 Å². The first-order valence-corrected chi connectivity index (χ1v) is 5.80. The van der Waals surface area contributed by atoms with Gasteiger partial charge >= 0.3 is 0 Å². The summed E-state index contributed by atoms with van der Waals surface area (Å²) in [5, 5.41) is 8.28. The summed E-state index contributed by atoms with van der Waals surface area (Å²) in [4.78, 5) is 0. The highest BCUT2D eigenvalue weighted by atomic mass is 35.5. The average molecular weight is 261 g/mol. The van der Waals surface area contributed by atoms with Crippen LogP contribution in [0.5, 0.6) is 0 Å². The van der Waals surface area contributed by atoms with Crippen LogP contribution in [0.25, 0.3) is 0 Å². The third-order valence-electron chi connectivity index (χ3n) is 2.42.